The zero-order valence-electron chi connectivity index (χ0n) is 17.5. The van der Waals surface area contributed by atoms with Crippen LogP contribution in [0, 0.1) is 30.1 Å². The average molecular weight is 425 g/mol. The van der Waals surface area contributed by atoms with Gasteiger partial charge in [-0.3, -0.25) is 14.9 Å². The molecule has 6 nitrogen and oxygen atoms in total. The lowest BCUT2D eigenvalue weighted by Gasteiger charge is -2.55. The lowest BCUT2D eigenvalue weighted by molar-refractivity contribution is -0.147. The number of nitrogens with zero attached hydrogens (tertiary/aromatic N) is 2. The van der Waals surface area contributed by atoms with Gasteiger partial charge in [-0.25, -0.2) is 0 Å². The molecule has 1 aromatic heterocycles. The van der Waals surface area contributed by atoms with Crippen LogP contribution in [0.25, 0.3) is 10.6 Å². The number of carbonyl (C=O) groups excluding carboxylic acids is 2. The summed E-state index contributed by atoms with van der Waals surface area (Å²) in [5.74, 6) is 1.93. The molecule has 4 saturated carbocycles. The third-order valence-electron chi connectivity index (χ3n) is 7.21. The molecule has 0 radical (unpaired) electrons. The Morgan fingerprint density at radius 3 is 2.23 bits per heavy atom. The minimum atomic E-state index is -0.600. The van der Waals surface area contributed by atoms with Crippen LogP contribution in [0.5, 0.6) is 0 Å². The van der Waals surface area contributed by atoms with Crippen molar-refractivity contribution in [3.8, 4) is 10.6 Å². The maximum Gasteiger partial charge on any atom is 0.248 e. The summed E-state index contributed by atoms with van der Waals surface area (Å²) in [5, 5.41) is 15.3. The van der Waals surface area contributed by atoms with E-state index in [1.807, 2.05) is 31.2 Å². The first-order valence-corrected chi connectivity index (χ1v) is 11.7. The average Bonchev–Trinajstić information content (AvgIpc) is 3.16. The maximum absolute atomic E-state index is 13.2. The van der Waals surface area contributed by atoms with Gasteiger partial charge in [0.15, 0.2) is 0 Å². The summed E-state index contributed by atoms with van der Waals surface area (Å²) in [6, 6.07) is 7.44. The van der Waals surface area contributed by atoms with Crippen molar-refractivity contribution in [1.29, 1.82) is 0 Å². The summed E-state index contributed by atoms with van der Waals surface area (Å²) >= 11 is 1.34. The Balaban J connectivity index is 1.21. The third-order valence-corrected chi connectivity index (χ3v) is 8.10. The molecule has 0 aliphatic heterocycles. The van der Waals surface area contributed by atoms with Gasteiger partial charge in [-0.05, 0) is 70.1 Å². The van der Waals surface area contributed by atoms with Crippen molar-refractivity contribution in [2.45, 2.75) is 58.4 Å². The fraction of sp³-hybridized carbons (Fsp3) is 0.565. The minimum Gasteiger partial charge on any atom is -0.344 e. The molecule has 0 unspecified atom stereocenters. The van der Waals surface area contributed by atoms with E-state index in [-0.39, 0.29) is 17.2 Å². The molecule has 2 aromatic rings. The second kappa shape index (κ2) is 7.45. The van der Waals surface area contributed by atoms with Crippen LogP contribution in [0.4, 0.5) is 5.13 Å². The van der Waals surface area contributed by atoms with Gasteiger partial charge in [-0.1, -0.05) is 41.2 Å². The van der Waals surface area contributed by atoms with Crippen molar-refractivity contribution >= 4 is 28.3 Å². The fourth-order valence-corrected chi connectivity index (χ4v) is 6.86. The quantitative estimate of drug-likeness (QED) is 0.754. The highest BCUT2D eigenvalue weighted by Crippen LogP contribution is 2.60. The van der Waals surface area contributed by atoms with E-state index in [2.05, 4.69) is 20.8 Å². The van der Waals surface area contributed by atoms with Gasteiger partial charge >= 0.3 is 0 Å². The van der Waals surface area contributed by atoms with Gasteiger partial charge < -0.3 is 5.32 Å². The summed E-state index contributed by atoms with van der Waals surface area (Å²) < 4.78 is 0. The SMILES string of the molecule is Cc1ccc(-c2nnc(NC(=O)[C@@H](C)NC(=O)C34CC5CC(CC(C5)C3)C4)s2)cc1. The molecule has 1 heterocycles. The number of hydrogen-bond acceptors (Lipinski definition) is 5. The van der Waals surface area contributed by atoms with Crippen molar-refractivity contribution in [1.82, 2.24) is 15.5 Å². The lowest BCUT2D eigenvalue weighted by atomic mass is 9.49. The van der Waals surface area contributed by atoms with E-state index in [0.717, 1.165) is 29.8 Å². The molecular weight excluding hydrogens is 396 g/mol. The maximum atomic E-state index is 13.2. The Bertz CT molecular complexity index is 933. The van der Waals surface area contributed by atoms with Crippen molar-refractivity contribution < 1.29 is 9.59 Å². The van der Waals surface area contributed by atoms with E-state index >= 15 is 0 Å². The molecule has 2 amide bonds. The highest BCUT2D eigenvalue weighted by Gasteiger charge is 2.54. The van der Waals surface area contributed by atoms with Gasteiger partial charge in [-0.2, -0.15) is 0 Å². The van der Waals surface area contributed by atoms with Crippen LogP contribution >= 0.6 is 11.3 Å². The van der Waals surface area contributed by atoms with Crippen LogP contribution in [0.15, 0.2) is 24.3 Å². The van der Waals surface area contributed by atoms with Crippen LogP contribution in [0.1, 0.15) is 51.0 Å². The van der Waals surface area contributed by atoms with Crippen LogP contribution in [-0.2, 0) is 9.59 Å². The minimum absolute atomic E-state index is 0.0712. The van der Waals surface area contributed by atoms with Gasteiger partial charge in [0.25, 0.3) is 0 Å². The van der Waals surface area contributed by atoms with E-state index < -0.39 is 6.04 Å². The van der Waals surface area contributed by atoms with Gasteiger partial charge in [0.2, 0.25) is 16.9 Å². The van der Waals surface area contributed by atoms with Crippen molar-refractivity contribution in [2.75, 3.05) is 5.32 Å². The van der Waals surface area contributed by atoms with Crippen molar-refractivity contribution in [3.63, 3.8) is 0 Å². The summed E-state index contributed by atoms with van der Waals surface area (Å²) in [5.41, 5.74) is 1.91. The van der Waals surface area contributed by atoms with E-state index in [1.54, 1.807) is 6.92 Å². The van der Waals surface area contributed by atoms with Crippen LogP contribution < -0.4 is 10.6 Å². The molecule has 158 valence electrons. The predicted octanol–water partition coefficient (Wildman–Crippen LogP) is 4.17. The summed E-state index contributed by atoms with van der Waals surface area (Å²) in [4.78, 5) is 25.8. The Kier molecular flexibility index (Phi) is 4.88. The number of benzene rings is 1. The van der Waals surface area contributed by atoms with E-state index in [9.17, 15) is 9.59 Å². The van der Waals surface area contributed by atoms with E-state index in [1.165, 1.54) is 36.2 Å². The predicted molar refractivity (Wildman–Crippen MR) is 117 cm³/mol. The monoisotopic (exact) mass is 424 g/mol. The molecule has 0 saturated heterocycles. The highest BCUT2D eigenvalue weighted by molar-refractivity contribution is 7.18. The van der Waals surface area contributed by atoms with Gasteiger partial charge in [0, 0.05) is 11.0 Å². The molecule has 4 aliphatic rings. The molecule has 1 aromatic carbocycles. The molecule has 7 heteroatoms. The smallest absolute Gasteiger partial charge is 0.248 e. The van der Waals surface area contributed by atoms with Gasteiger partial charge in [0.05, 0.1) is 0 Å². The number of carbonyl (C=O) groups is 2. The van der Waals surface area contributed by atoms with Crippen LogP contribution in [0.2, 0.25) is 0 Å². The molecule has 4 fully saturated rings. The van der Waals surface area contributed by atoms with E-state index in [0.29, 0.717) is 22.9 Å². The van der Waals surface area contributed by atoms with Crippen LogP contribution in [0.3, 0.4) is 0 Å². The van der Waals surface area contributed by atoms with Gasteiger partial charge in [-0.15, -0.1) is 10.2 Å². The zero-order valence-corrected chi connectivity index (χ0v) is 18.3. The fourth-order valence-electron chi connectivity index (χ4n) is 6.10. The first-order chi connectivity index (χ1) is 14.4. The molecule has 1 atom stereocenters. The Morgan fingerprint density at radius 2 is 1.63 bits per heavy atom. The molecule has 30 heavy (non-hydrogen) atoms. The number of aryl methyl sites for hydroxylation is 1. The summed E-state index contributed by atoms with van der Waals surface area (Å²) in [6.07, 6.45) is 6.87. The molecular formula is C23H28N4O2S. The number of anilines is 1. The highest BCUT2D eigenvalue weighted by atomic mass is 32.1. The largest absolute Gasteiger partial charge is 0.344 e. The topological polar surface area (TPSA) is 84.0 Å². The molecule has 2 N–H and O–H groups in total. The van der Waals surface area contributed by atoms with Gasteiger partial charge in [0.1, 0.15) is 11.0 Å². The second-order valence-corrected chi connectivity index (χ2v) is 10.6. The number of amides is 2. The normalized spacial score (nSPS) is 30.1. The molecule has 4 aliphatic carbocycles. The van der Waals surface area contributed by atoms with Crippen molar-refractivity contribution in [2.24, 2.45) is 23.2 Å². The molecule has 4 bridgehead atoms. The molecule has 6 rings (SSSR count). The van der Waals surface area contributed by atoms with Crippen molar-refractivity contribution in [3.05, 3.63) is 29.8 Å². The zero-order chi connectivity index (χ0) is 20.9. The standard InChI is InChI=1S/C23H28N4O2S/c1-13-3-5-18(6-4-13)20-26-27-22(30-20)25-19(28)14(2)24-21(29)23-10-15-7-16(11-23)9-17(8-15)12-23/h3-6,14-17H,7-12H2,1-2H3,(H,24,29)(H,25,27,28)/t14-,15?,16?,17?,23?/m1/s1. The Hall–Kier alpha value is -2.28. The Labute approximate surface area is 180 Å². The first kappa shape index (κ1) is 19.7. The van der Waals surface area contributed by atoms with Crippen LogP contribution in [-0.4, -0.2) is 28.1 Å². The summed E-state index contributed by atoms with van der Waals surface area (Å²) in [6.45, 7) is 3.78. The third kappa shape index (κ3) is 3.64. The first-order valence-electron chi connectivity index (χ1n) is 10.9. The second-order valence-electron chi connectivity index (χ2n) is 9.66. The number of aromatic nitrogens is 2. The van der Waals surface area contributed by atoms with E-state index in [4.69, 9.17) is 0 Å². The summed E-state index contributed by atoms with van der Waals surface area (Å²) in [7, 11) is 0. The number of hydrogen-bond donors (Lipinski definition) is 2. The lowest BCUT2D eigenvalue weighted by Crippen LogP contribution is -2.56. The Morgan fingerprint density at radius 1 is 1.03 bits per heavy atom. The molecule has 0 spiro atoms. The number of rotatable bonds is 5. The number of nitrogens with one attached hydrogen (secondary N) is 2.